The van der Waals surface area contributed by atoms with Gasteiger partial charge in [0.2, 0.25) is 0 Å². The van der Waals surface area contributed by atoms with E-state index in [2.05, 4.69) is 17.1 Å². The molecule has 0 radical (unpaired) electrons. The Morgan fingerprint density at radius 3 is 2.89 bits per heavy atom. The molecule has 100 valence electrons. The van der Waals surface area contributed by atoms with E-state index in [0.29, 0.717) is 19.0 Å². The Morgan fingerprint density at radius 2 is 2.22 bits per heavy atom. The number of nitrogens with one attached hydrogen (secondary N) is 1. The third-order valence-electron chi connectivity index (χ3n) is 3.61. The molecule has 2 atom stereocenters. The molecular formula is C14H21FN2O. The Labute approximate surface area is 108 Å². The van der Waals surface area contributed by atoms with Crippen molar-refractivity contribution in [1.82, 2.24) is 5.32 Å². The zero-order valence-corrected chi connectivity index (χ0v) is 11.0. The van der Waals surface area contributed by atoms with Crippen LogP contribution in [0.5, 0.6) is 0 Å². The Balaban J connectivity index is 2.17. The van der Waals surface area contributed by atoms with E-state index in [1.807, 2.05) is 13.1 Å². The summed E-state index contributed by atoms with van der Waals surface area (Å²) in [6.45, 7) is 4.17. The highest BCUT2D eigenvalue weighted by Crippen LogP contribution is 2.25. The van der Waals surface area contributed by atoms with E-state index in [-0.39, 0.29) is 11.9 Å². The summed E-state index contributed by atoms with van der Waals surface area (Å²) in [7, 11) is 1.84. The lowest BCUT2D eigenvalue weighted by Crippen LogP contribution is -2.43. The van der Waals surface area contributed by atoms with Crippen molar-refractivity contribution in [2.24, 2.45) is 5.92 Å². The minimum Gasteiger partial charge on any atom is -0.391 e. The molecule has 1 heterocycles. The minimum atomic E-state index is -0.324. The molecule has 0 amide bonds. The smallest absolute Gasteiger partial charge is 0.125 e. The predicted octanol–water partition coefficient (Wildman–Crippen LogP) is 1.75. The molecule has 0 spiro atoms. The SMILES string of the molecule is CNCc1cc(F)cc(N2CCC(C)C(O)C2)c1. The third-order valence-corrected chi connectivity index (χ3v) is 3.61. The van der Waals surface area contributed by atoms with Crippen LogP contribution in [0.25, 0.3) is 0 Å². The van der Waals surface area contributed by atoms with Gasteiger partial charge in [-0.15, -0.1) is 0 Å². The van der Waals surface area contributed by atoms with Gasteiger partial charge >= 0.3 is 0 Å². The maximum atomic E-state index is 13.6. The van der Waals surface area contributed by atoms with Crippen LogP contribution in [0.4, 0.5) is 10.1 Å². The molecule has 1 saturated heterocycles. The van der Waals surface area contributed by atoms with Gasteiger partial charge in [0.05, 0.1) is 6.10 Å². The molecule has 1 aliphatic rings. The highest BCUT2D eigenvalue weighted by Gasteiger charge is 2.24. The molecule has 0 aromatic heterocycles. The van der Waals surface area contributed by atoms with Crippen molar-refractivity contribution in [3.63, 3.8) is 0 Å². The predicted molar refractivity (Wildman–Crippen MR) is 71.2 cm³/mol. The summed E-state index contributed by atoms with van der Waals surface area (Å²) < 4.78 is 13.6. The van der Waals surface area contributed by atoms with E-state index in [4.69, 9.17) is 0 Å². The molecule has 4 heteroatoms. The van der Waals surface area contributed by atoms with Crippen LogP contribution in [0.3, 0.4) is 0 Å². The molecule has 1 aromatic rings. The molecule has 1 aromatic carbocycles. The summed E-state index contributed by atoms with van der Waals surface area (Å²) in [6.07, 6.45) is 0.619. The average Bonchev–Trinajstić information content (AvgIpc) is 2.32. The molecule has 0 bridgehead atoms. The molecular weight excluding hydrogens is 231 g/mol. The lowest BCUT2D eigenvalue weighted by Gasteiger charge is -2.36. The van der Waals surface area contributed by atoms with E-state index in [1.165, 1.54) is 0 Å². The van der Waals surface area contributed by atoms with Crippen LogP contribution in [-0.4, -0.2) is 31.3 Å². The fraction of sp³-hybridized carbons (Fsp3) is 0.571. The number of hydrogen-bond donors (Lipinski definition) is 2. The molecule has 2 N–H and O–H groups in total. The van der Waals surface area contributed by atoms with Gasteiger partial charge in [0, 0.05) is 25.3 Å². The first-order valence-electron chi connectivity index (χ1n) is 6.47. The number of anilines is 1. The van der Waals surface area contributed by atoms with Crippen LogP contribution in [0.15, 0.2) is 18.2 Å². The number of nitrogens with zero attached hydrogens (tertiary/aromatic N) is 1. The van der Waals surface area contributed by atoms with Gasteiger partial charge in [-0.05, 0) is 43.1 Å². The van der Waals surface area contributed by atoms with Crippen molar-refractivity contribution in [3.05, 3.63) is 29.6 Å². The number of rotatable bonds is 3. The second-order valence-electron chi connectivity index (χ2n) is 5.13. The van der Waals surface area contributed by atoms with E-state index in [9.17, 15) is 9.50 Å². The topological polar surface area (TPSA) is 35.5 Å². The van der Waals surface area contributed by atoms with Crippen molar-refractivity contribution in [1.29, 1.82) is 0 Å². The number of aliphatic hydroxyl groups is 1. The van der Waals surface area contributed by atoms with Crippen LogP contribution in [0, 0.1) is 11.7 Å². The van der Waals surface area contributed by atoms with Crippen LogP contribution in [0.1, 0.15) is 18.9 Å². The van der Waals surface area contributed by atoms with Gasteiger partial charge in [-0.1, -0.05) is 6.92 Å². The molecule has 0 aliphatic carbocycles. The molecule has 0 saturated carbocycles. The van der Waals surface area contributed by atoms with E-state index >= 15 is 0 Å². The van der Waals surface area contributed by atoms with Gasteiger partial charge in [0.15, 0.2) is 0 Å². The number of hydrogen-bond acceptors (Lipinski definition) is 3. The van der Waals surface area contributed by atoms with E-state index in [1.54, 1.807) is 12.1 Å². The van der Waals surface area contributed by atoms with Crippen molar-refractivity contribution in [2.75, 3.05) is 25.0 Å². The molecule has 1 aliphatic heterocycles. The first-order valence-corrected chi connectivity index (χ1v) is 6.47. The summed E-state index contributed by atoms with van der Waals surface area (Å²) in [5, 5.41) is 12.9. The molecule has 18 heavy (non-hydrogen) atoms. The van der Waals surface area contributed by atoms with Crippen LogP contribution < -0.4 is 10.2 Å². The van der Waals surface area contributed by atoms with Crippen molar-refractivity contribution >= 4 is 5.69 Å². The maximum absolute atomic E-state index is 13.6. The number of benzene rings is 1. The standard InChI is InChI=1S/C14H21FN2O/c1-10-3-4-17(9-14(10)18)13-6-11(8-16-2)5-12(15)7-13/h5-7,10,14,16,18H,3-4,8-9H2,1-2H3. The maximum Gasteiger partial charge on any atom is 0.125 e. The van der Waals surface area contributed by atoms with Crippen LogP contribution >= 0.6 is 0 Å². The normalized spacial score (nSPS) is 24.3. The first-order chi connectivity index (χ1) is 8.60. The third kappa shape index (κ3) is 3.00. The number of β-amino-alcohol motifs (C(OH)–C–C–N with tert-alkyl or cyclic N) is 1. The zero-order valence-electron chi connectivity index (χ0n) is 11.0. The van der Waals surface area contributed by atoms with Gasteiger partial charge in [-0.2, -0.15) is 0 Å². The highest BCUT2D eigenvalue weighted by molar-refractivity contribution is 5.49. The summed E-state index contributed by atoms with van der Waals surface area (Å²) in [6, 6.07) is 5.08. The summed E-state index contributed by atoms with van der Waals surface area (Å²) >= 11 is 0. The lowest BCUT2D eigenvalue weighted by atomic mass is 9.95. The first kappa shape index (κ1) is 13.3. The Bertz CT molecular complexity index is 411. The Hall–Kier alpha value is -1.13. The second kappa shape index (κ2) is 5.67. The molecule has 1 fully saturated rings. The van der Waals surface area contributed by atoms with Gasteiger partial charge in [-0.25, -0.2) is 4.39 Å². The number of halogens is 1. The lowest BCUT2D eigenvalue weighted by molar-refractivity contribution is 0.103. The summed E-state index contributed by atoms with van der Waals surface area (Å²) in [4.78, 5) is 2.06. The fourth-order valence-corrected chi connectivity index (χ4v) is 2.41. The van der Waals surface area contributed by atoms with Gasteiger partial charge in [-0.3, -0.25) is 0 Å². The minimum absolute atomic E-state index is 0.217. The molecule has 2 unspecified atom stereocenters. The van der Waals surface area contributed by atoms with E-state index in [0.717, 1.165) is 24.2 Å². The molecule has 2 rings (SSSR count). The van der Waals surface area contributed by atoms with Crippen LogP contribution in [-0.2, 0) is 6.54 Å². The number of piperidine rings is 1. The Kier molecular flexibility index (Phi) is 4.19. The average molecular weight is 252 g/mol. The zero-order chi connectivity index (χ0) is 13.1. The monoisotopic (exact) mass is 252 g/mol. The van der Waals surface area contributed by atoms with Crippen LogP contribution in [0.2, 0.25) is 0 Å². The van der Waals surface area contributed by atoms with Gasteiger partial charge in [0.25, 0.3) is 0 Å². The quantitative estimate of drug-likeness (QED) is 0.860. The Morgan fingerprint density at radius 1 is 1.44 bits per heavy atom. The highest BCUT2D eigenvalue weighted by atomic mass is 19.1. The van der Waals surface area contributed by atoms with E-state index < -0.39 is 0 Å². The van der Waals surface area contributed by atoms with Gasteiger partial charge in [0.1, 0.15) is 5.82 Å². The van der Waals surface area contributed by atoms with Gasteiger partial charge < -0.3 is 15.3 Å². The fourth-order valence-electron chi connectivity index (χ4n) is 2.41. The van der Waals surface area contributed by atoms with Crippen molar-refractivity contribution in [3.8, 4) is 0 Å². The summed E-state index contributed by atoms with van der Waals surface area (Å²) in [5.41, 5.74) is 1.80. The van der Waals surface area contributed by atoms with Crippen molar-refractivity contribution in [2.45, 2.75) is 26.0 Å². The molecule has 3 nitrogen and oxygen atoms in total. The number of aliphatic hydroxyl groups excluding tert-OH is 1. The largest absolute Gasteiger partial charge is 0.391 e. The second-order valence-corrected chi connectivity index (χ2v) is 5.13. The van der Waals surface area contributed by atoms with Crippen molar-refractivity contribution < 1.29 is 9.50 Å². The summed E-state index contributed by atoms with van der Waals surface area (Å²) in [5.74, 6) is 0.109.